The van der Waals surface area contributed by atoms with Crippen molar-refractivity contribution in [3.8, 4) is 0 Å². The second-order valence-electron chi connectivity index (χ2n) is 2.44. The second kappa shape index (κ2) is 2.07. The summed E-state index contributed by atoms with van der Waals surface area (Å²) in [4.78, 5) is 21.8. The van der Waals surface area contributed by atoms with Crippen LogP contribution in [0.3, 0.4) is 0 Å². The molecule has 0 fully saturated rings. The maximum atomic E-state index is 11.3. The molecule has 0 spiro atoms. The molecule has 0 aromatic carbocycles. The second-order valence-corrected chi connectivity index (χ2v) is 2.44. The summed E-state index contributed by atoms with van der Waals surface area (Å²) in [6.07, 6.45) is 1.42. The molecule has 0 atom stereocenters. The minimum absolute atomic E-state index is 0.310. The normalized spacial score (nSPS) is 10.8. The molecule has 2 aromatic heterocycles. The SMILES string of the molecule is Cc1nc2nc[nH]c2c(=O)n1N. The minimum Gasteiger partial charge on any atom is -0.339 e. The number of nitrogens with two attached hydrogens (primary N) is 1. The fraction of sp³-hybridized carbons (Fsp3) is 0.167. The maximum Gasteiger partial charge on any atom is 0.297 e. The standard InChI is InChI=1S/C6H7N5O/c1-3-10-5-4(8-2-9-5)6(12)11(3)7/h2H,7H2,1H3,(H,8,9). The third kappa shape index (κ3) is 0.714. The van der Waals surface area contributed by atoms with Crippen molar-refractivity contribution in [3.05, 3.63) is 22.5 Å². The zero-order valence-electron chi connectivity index (χ0n) is 6.40. The molecule has 0 aliphatic carbocycles. The lowest BCUT2D eigenvalue weighted by molar-refractivity contribution is 0.848. The molecule has 0 aliphatic heterocycles. The van der Waals surface area contributed by atoms with Crippen LogP contribution in [0.15, 0.2) is 11.1 Å². The first-order chi connectivity index (χ1) is 5.70. The summed E-state index contributed by atoms with van der Waals surface area (Å²) in [5, 5.41) is 0. The van der Waals surface area contributed by atoms with E-state index in [4.69, 9.17) is 5.84 Å². The highest BCUT2D eigenvalue weighted by Crippen LogP contribution is 1.98. The van der Waals surface area contributed by atoms with E-state index >= 15 is 0 Å². The van der Waals surface area contributed by atoms with Gasteiger partial charge in [-0.05, 0) is 6.92 Å². The summed E-state index contributed by atoms with van der Waals surface area (Å²) in [5.74, 6) is 5.85. The van der Waals surface area contributed by atoms with Crippen LogP contribution in [0.1, 0.15) is 5.82 Å². The van der Waals surface area contributed by atoms with E-state index in [0.717, 1.165) is 4.68 Å². The summed E-state index contributed by atoms with van der Waals surface area (Å²) in [5.41, 5.74) is 0.428. The van der Waals surface area contributed by atoms with E-state index in [1.165, 1.54) is 6.33 Å². The van der Waals surface area contributed by atoms with Gasteiger partial charge in [-0.15, -0.1) is 0 Å². The lowest BCUT2D eigenvalue weighted by Crippen LogP contribution is -2.30. The Morgan fingerprint density at radius 3 is 3.17 bits per heavy atom. The van der Waals surface area contributed by atoms with Crippen LogP contribution in [0.2, 0.25) is 0 Å². The maximum absolute atomic E-state index is 11.3. The quantitative estimate of drug-likeness (QED) is 0.497. The third-order valence-electron chi connectivity index (χ3n) is 1.67. The molecule has 0 aliphatic rings. The zero-order valence-corrected chi connectivity index (χ0v) is 6.40. The number of H-pyrrole nitrogens is 1. The van der Waals surface area contributed by atoms with E-state index in [9.17, 15) is 4.79 Å². The van der Waals surface area contributed by atoms with Crippen molar-refractivity contribution in [2.24, 2.45) is 0 Å². The molecule has 0 radical (unpaired) electrons. The predicted octanol–water partition coefficient (Wildman–Crippen LogP) is -0.858. The highest BCUT2D eigenvalue weighted by Gasteiger charge is 2.06. The van der Waals surface area contributed by atoms with Crippen molar-refractivity contribution in [1.82, 2.24) is 19.6 Å². The van der Waals surface area contributed by atoms with Crippen molar-refractivity contribution < 1.29 is 0 Å². The van der Waals surface area contributed by atoms with Gasteiger partial charge in [0.05, 0.1) is 6.33 Å². The fourth-order valence-electron chi connectivity index (χ4n) is 1.00. The van der Waals surface area contributed by atoms with Crippen molar-refractivity contribution >= 4 is 11.2 Å². The summed E-state index contributed by atoms with van der Waals surface area (Å²) < 4.78 is 0.987. The number of nitrogen functional groups attached to an aromatic ring is 1. The van der Waals surface area contributed by atoms with Gasteiger partial charge in [-0.1, -0.05) is 0 Å². The molecule has 3 N–H and O–H groups in total. The Balaban J connectivity index is 3.05. The predicted molar refractivity (Wildman–Crippen MR) is 43.0 cm³/mol. The Kier molecular flexibility index (Phi) is 1.18. The average Bonchev–Trinajstić information content (AvgIpc) is 2.48. The molecule has 0 bridgehead atoms. The first-order valence-electron chi connectivity index (χ1n) is 3.38. The van der Waals surface area contributed by atoms with Crippen molar-refractivity contribution in [2.75, 3.05) is 5.84 Å². The number of rotatable bonds is 0. The van der Waals surface area contributed by atoms with Crippen molar-refractivity contribution in [1.29, 1.82) is 0 Å². The lowest BCUT2D eigenvalue weighted by Gasteiger charge is -1.99. The van der Waals surface area contributed by atoms with Crippen LogP contribution in [0.4, 0.5) is 0 Å². The Labute approximate surface area is 67.0 Å². The van der Waals surface area contributed by atoms with Gasteiger partial charge in [0.15, 0.2) is 11.2 Å². The Hall–Kier alpha value is -1.85. The number of aromatic nitrogens is 4. The molecule has 2 aromatic rings. The van der Waals surface area contributed by atoms with Crippen LogP contribution >= 0.6 is 0 Å². The Bertz CT molecular complexity index is 482. The van der Waals surface area contributed by atoms with Crippen molar-refractivity contribution in [2.45, 2.75) is 6.92 Å². The number of hydrogen-bond donors (Lipinski definition) is 2. The van der Waals surface area contributed by atoms with Gasteiger partial charge in [0.1, 0.15) is 5.82 Å². The average molecular weight is 165 g/mol. The molecular formula is C6H7N5O. The fourth-order valence-corrected chi connectivity index (χ4v) is 1.00. The zero-order chi connectivity index (χ0) is 8.72. The van der Waals surface area contributed by atoms with Gasteiger partial charge in [-0.3, -0.25) is 4.79 Å². The molecule has 12 heavy (non-hydrogen) atoms. The van der Waals surface area contributed by atoms with Crippen LogP contribution in [0.25, 0.3) is 11.2 Å². The molecule has 2 heterocycles. The molecule has 6 heteroatoms. The molecule has 0 saturated heterocycles. The van der Waals surface area contributed by atoms with Gasteiger partial charge >= 0.3 is 0 Å². The summed E-state index contributed by atoms with van der Waals surface area (Å²) in [6.45, 7) is 1.65. The number of nitrogens with zero attached hydrogens (tertiary/aromatic N) is 3. The highest BCUT2D eigenvalue weighted by molar-refractivity contribution is 5.68. The van der Waals surface area contributed by atoms with Crippen LogP contribution in [0.5, 0.6) is 0 Å². The van der Waals surface area contributed by atoms with E-state index in [-0.39, 0.29) is 5.56 Å². The third-order valence-corrected chi connectivity index (χ3v) is 1.67. The van der Waals surface area contributed by atoms with Crippen LogP contribution in [-0.4, -0.2) is 19.6 Å². The number of aryl methyl sites for hydroxylation is 1. The van der Waals surface area contributed by atoms with Gasteiger partial charge < -0.3 is 10.8 Å². The van der Waals surface area contributed by atoms with E-state index in [0.29, 0.717) is 17.0 Å². The first-order valence-corrected chi connectivity index (χ1v) is 3.38. The smallest absolute Gasteiger partial charge is 0.297 e. The van der Waals surface area contributed by atoms with Gasteiger partial charge in [0.2, 0.25) is 0 Å². The molecule has 0 saturated carbocycles. The number of aromatic amines is 1. The number of nitrogens with one attached hydrogen (secondary N) is 1. The minimum atomic E-state index is -0.310. The molecular weight excluding hydrogens is 158 g/mol. The van der Waals surface area contributed by atoms with E-state index in [1.54, 1.807) is 6.92 Å². The molecule has 6 nitrogen and oxygen atoms in total. The van der Waals surface area contributed by atoms with Crippen molar-refractivity contribution in [3.63, 3.8) is 0 Å². The van der Waals surface area contributed by atoms with E-state index in [2.05, 4.69) is 15.0 Å². The molecule has 0 amide bonds. The number of imidazole rings is 1. The van der Waals surface area contributed by atoms with Gasteiger partial charge in [0, 0.05) is 0 Å². The van der Waals surface area contributed by atoms with E-state index in [1.807, 2.05) is 0 Å². The lowest BCUT2D eigenvalue weighted by atomic mass is 10.5. The molecule has 0 unspecified atom stereocenters. The summed E-state index contributed by atoms with van der Waals surface area (Å²) in [6, 6.07) is 0. The molecule has 2 rings (SSSR count). The van der Waals surface area contributed by atoms with Gasteiger partial charge in [-0.2, -0.15) is 0 Å². The van der Waals surface area contributed by atoms with Crippen LogP contribution in [0, 0.1) is 6.92 Å². The first kappa shape index (κ1) is 6.84. The Morgan fingerprint density at radius 2 is 2.42 bits per heavy atom. The van der Waals surface area contributed by atoms with E-state index < -0.39 is 0 Å². The largest absolute Gasteiger partial charge is 0.339 e. The monoisotopic (exact) mass is 165 g/mol. The number of fused-ring (bicyclic) bond motifs is 1. The Morgan fingerprint density at radius 1 is 1.67 bits per heavy atom. The number of hydrogen-bond acceptors (Lipinski definition) is 4. The highest BCUT2D eigenvalue weighted by atomic mass is 16.1. The van der Waals surface area contributed by atoms with Gasteiger partial charge in [0.25, 0.3) is 5.56 Å². The van der Waals surface area contributed by atoms with Crippen LogP contribution in [-0.2, 0) is 0 Å². The van der Waals surface area contributed by atoms with Gasteiger partial charge in [-0.25, -0.2) is 14.6 Å². The van der Waals surface area contributed by atoms with Crippen LogP contribution < -0.4 is 11.4 Å². The topological polar surface area (TPSA) is 89.6 Å². The summed E-state index contributed by atoms with van der Waals surface area (Å²) >= 11 is 0. The summed E-state index contributed by atoms with van der Waals surface area (Å²) in [7, 11) is 0. The molecule has 62 valence electrons.